The molecule has 39 heavy (non-hydrogen) atoms. The number of likely N-dealkylation sites (N-methyl/N-ethyl adjacent to an activating group) is 1. The van der Waals surface area contributed by atoms with Crippen molar-refractivity contribution in [2.45, 2.75) is 37.4 Å². The molecule has 1 atom stereocenters. The standard InChI is InChI=1S/C32H37Cl2N3O2/c1-35(2)27-11-8-23(9-12-27)31(38)36(3)21-25(24-10-13-29(33)30(34)20-24)14-17-37-18-15-32(16-19-37)28-7-5-4-6-26(28)22-39-32/h4-13,20,25H,14-19,21-22H2,1-3H3/t25-/m1/s1. The number of ether oxygens (including phenoxy) is 1. The second kappa shape index (κ2) is 11.9. The number of piperidine rings is 1. The highest BCUT2D eigenvalue weighted by atomic mass is 35.5. The van der Waals surface area contributed by atoms with Gasteiger partial charge in [0, 0.05) is 57.9 Å². The Kier molecular flexibility index (Phi) is 8.53. The summed E-state index contributed by atoms with van der Waals surface area (Å²) in [6.07, 6.45) is 2.92. The Balaban J connectivity index is 1.25. The van der Waals surface area contributed by atoms with E-state index in [-0.39, 0.29) is 17.4 Å². The molecule has 1 saturated heterocycles. The van der Waals surface area contributed by atoms with Crippen molar-refractivity contribution in [1.29, 1.82) is 0 Å². The van der Waals surface area contributed by atoms with Crippen molar-refractivity contribution < 1.29 is 9.53 Å². The largest absolute Gasteiger partial charge is 0.378 e. The van der Waals surface area contributed by atoms with Crippen LogP contribution in [0.4, 0.5) is 5.69 Å². The predicted octanol–water partition coefficient (Wildman–Crippen LogP) is 6.83. The number of hydrogen-bond donors (Lipinski definition) is 0. The van der Waals surface area contributed by atoms with E-state index in [1.807, 2.05) is 73.4 Å². The molecule has 1 spiro atoms. The van der Waals surface area contributed by atoms with Crippen LogP contribution in [0.1, 0.15) is 52.2 Å². The van der Waals surface area contributed by atoms with Crippen molar-refractivity contribution in [3.05, 3.63) is 99.0 Å². The number of carbonyl (C=O) groups excluding carboxylic acids is 1. The van der Waals surface area contributed by atoms with Crippen molar-refractivity contribution in [2.24, 2.45) is 0 Å². The van der Waals surface area contributed by atoms with E-state index in [4.69, 9.17) is 27.9 Å². The van der Waals surface area contributed by atoms with Gasteiger partial charge in [-0.2, -0.15) is 0 Å². The number of halogens is 2. The van der Waals surface area contributed by atoms with E-state index in [1.165, 1.54) is 11.1 Å². The SMILES string of the molecule is CN(C[C@@H](CCN1CCC2(CC1)OCc1ccccc12)c1ccc(Cl)c(Cl)c1)C(=O)c1ccc(N(C)C)cc1. The predicted molar refractivity (Wildman–Crippen MR) is 160 cm³/mol. The Bertz CT molecular complexity index is 1300. The van der Waals surface area contributed by atoms with Gasteiger partial charge in [0.05, 0.1) is 22.3 Å². The molecule has 0 radical (unpaired) electrons. The third kappa shape index (κ3) is 6.12. The average molecular weight is 567 g/mol. The molecule has 2 aliphatic heterocycles. The first-order valence-electron chi connectivity index (χ1n) is 13.7. The molecule has 2 heterocycles. The molecule has 0 unspecified atom stereocenters. The Morgan fingerprint density at radius 3 is 2.38 bits per heavy atom. The molecular formula is C32H37Cl2N3O2. The van der Waals surface area contributed by atoms with Crippen molar-refractivity contribution in [3.63, 3.8) is 0 Å². The number of carbonyl (C=O) groups is 1. The monoisotopic (exact) mass is 565 g/mol. The number of anilines is 1. The number of fused-ring (bicyclic) bond motifs is 2. The molecule has 0 aliphatic carbocycles. The van der Waals surface area contributed by atoms with Crippen LogP contribution in [0.25, 0.3) is 0 Å². The molecule has 7 heteroatoms. The lowest BCUT2D eigenvalue weighted by molar-refractivity contribution is -0.0790. The lowest BCUT2D eigenvalue weighted by Crippen LogP contribution is -2.43. The molecular weight excluding hydrogens is 529 g/mol. The van der Waals surface area contributed by atoms with Gasteiger partial charge in [-0.05, 0) is 78.9 Å². The topological polar surface area (TPSA) is 36.0 Å². The molecule has 0 bridgehead atoms. The zero-order valence-corrected chi connectivity index (χ0v) is 24.5. The lowest BCUT2D eigenvalue weighted by Gasteiger charge is -2.40. The smallest absolute Gasteiger partial charge is 0.253 e. The lowest BCUT2D eigenvalue weighted by atomic mass is 9.83. The molecule has 206 valence electrons. The van der Waals surface area contributed by atoms with Gasteiger partial charge >= 0.3 is 0 Å². The minimum Gasteiger partial charge on any atom is -0.378 e. The number of nitrogens with zero attached hydrogens (tertiary/aromatic N) is 3. The first kappa shape index (κ1) is 28.0. The molecule has 3 aromatic rings. The fourth-order valence-electron chi connectivity index (χ4n) is 5.94. The van der Waals surface area contributed by atoms with Gasteiger partial charge in [0.1, 0.15) is 0 Å². The van der Waals surface area contributed by atoms with Gasteiger partial charge < -0.3 is 19.4 Å². The third-order valence-electron chi connectivity index (χ3n) is 8.36. The minimum atomic E-state index is -0.134. The first-order chi connectivity index (χ1) is 18.8. The molecule has 3 aromatic carbocycles. The van der Waals surface area contributed by atoms with Crippen molar-refractivity contribution >= 4 is 34.8 Å². The van der Waals surface area contributed by atoms with Crippen molar-refractivity contribution in [3.8, 4) is 0 Å². The molecule has 2 aliphatic rings. The van der Waals surface area contributed by atoms with E-state index in [1.54, 1.807) is 0 Å². The highest BCUT2D eigenvalue weighted by Gasteiger charge is 2.42. The van der Waals surface area contributed by atoms with E-state index < -0.39 is 0 Å². The van der Waals surface area contributed by atoms with Crippen molar-refractivity contribution in [2.75, 3.05) is 52.2 Å². The van der Waals surface area contributed by atoms with Gasteiger partial charge in [0.25, 0.3) is 5.91 Å². The summed E-state index contributed by atoms with van der Waals surface area (Å²) in [5.74, 6) is 0.149. The summed E-state index contributed by atoms with van der Waals surface area (Å²) >= 11 is 12.6. The van der Waals surface area contributed by atoms with Crippen LogP contribution in [0, 0.1) is 0 Å². The van der Waals surface area contributed by atoms with E-state index >= 15 is 0 Å². The number of benzene rings is 3. The number of rotatable bonds is 8. The van der Waals surface area contributed by atoms with E-state index in [0.29, 0.717) is 28.8 Å². The maximum absolute atomic E-state index is 13.3. The van der Waals surface area contributed by atoms with Crippen LogP contribution in [0.3, 0.4) is 0 Å². The Hall–Kier alpha value is -2.57. The van der Waals surface area contributed by atoms with E-state index in [9.17, 15) is 4.79 Å². The maximum Gasteiger partial charge on any atom is 0.253 e. The van der Waals surface area contributed by atoms with Crippen LogP contribution in [0.5, 0.6) is 0 Å². The maximum atomic E-state index is 13.3. The fraction of sp³-hybridized carbons (Fsp3) is 0.406. The summed E-state index contributed by atoms with van der Waals surface area (Å²) in [6, 6.07) is 22.2. The summed E-state index contributed by atoms with van der Waals surface area (Å²) in [6.45, 7) is 4.25. The summed E-state index contributed by atoms with van der Waals surface area (Å²) < 4.78 is 6.36. The van der Waals surface area contributed by atoms with E-state index in [0.717, 1.165) is 50.1 Å². The molecule has 1 fully saturated rings. The second-order valence-corrected chi connectivity index (χ2v) is 11.9. The minimum absolute atomic E-state index is 0.0160. The molecule has 0 saturated carbocycles. The molecule has 5 rings (SSSR count). The quantitative estimate of drug-likeness (QED) is 0.300. The Morgan fingerprint density at radius 2 is 1.69 bits per heavy atom. The zero-order valence-electron chi connectivity index (χ0n) is 23.0. The summed E-state index contributed by atoms with van der Waals surface area (Å²) in [5.41, 5.74) is 5.43. The molecule has 0 N–H and O–H groups in total. The second-order valence-electron chi connectivity index (χ2n) is 11.1. The highest BCUT2D eigenvalue weighted by molar-refractivity contribution is 6.42. The number of likely N-dealkylation sites (tertiary alicyclic amines) is 1. The third-order valence-corrected chi connectivity index (χ3v) is 9.10. The van der Waals surface area contributed by atoms with Crippen molar-refractivity contribution in [1.82, 2.24) is 9.80 Å². The summed E-state index contributed by atoms with van der Waals surface area (Å²) in [5, 5.41) is 1.09. The normalized spacial score (nSPS) is 17.2. The molecule has 5 nitrogen and oxygen atoms in total. The number of hydrogen-bond acceptors (Lipinski definition) is 4. The van der Waals surface area contributed by atoms with Crippen LogP contribution >= 0.6 is 23.2 Å². The van der Waals surface area contributed by atoms with Crippen LogP contribution in [-0.4, -0.2) is 63.0 Å². The van der Waals surface area contributed by atoms with Gasteiger partial charge in [-0.3, -0.25) is 4.79 Å². The Labute approximate surface area is 242 Å². The van der Waals surface area contributed by atoms with Gasteiger partial charge in [-0.25, -0.2) is 0 Å². The Morgan fingerprint density at radius 1 is 0.974 bits per heavy atom. The zero-order chi connectivity index (χ0) is 27.6. The van der Waals surface area contributed by atoms with Gasteiger partial charge in [-0.1, -0.05) is 53.5 Å². The number of amides is 1. The van der Waals surface area contributed by atoms with Gasteiger partial charge in [-0.15, -0.1) is 0 Å². The van der Waals surface area contributed by atoms with Gasteiger partial charge in [0.15, 0.2) is 0 Å². The van der Waals surface area contributed by atoms with Crippen LogP contribution in [-0.2, 0) is 16.9 Å². The summed E-state index contributed by atoms with van der Waals surface area (Å²) in [7, 11) is 5.87. The first-order valence-corrected chi connectivity index (χ1v) is 14.4. The molecule has 0 aromatic heterocycles. The highest BCUT2D eigenvalue weighted by Crippen LogP contribution is 2.44. The average Bonchev–Trinajstić information content (AvgIpc) is 3.31. The van der Waals surface area contributed by atoms with E-state index in [2.05, 4.69) is 29.2 Å². The summed E-state index contributed by atoms with van der Waals surface area (Å²) in [4.78, 5) is 19.7. The van der Waals surface area contributed by atoms with Gasteiger partial charge in [0.2, 0.25) is 0 Å². The van der Waals surface area contributed by atoms with Crippen LogP contribution in [0.15, 0.2) is 66.7 Å². The fourth-order valence-corrected chi connectivity index (χ4v) is 6.25. The van der Waals surface area contributed by atoms with Crippen LogP contribution < -0.4 is 4.90 Å². The molecule has 1 amide bonds. The van der Waals surface area contributed by atoms with Crippen LogP contribution in [0.2, 0.25) is 10.0 Å².